The van der Waals surface area contributed by atoms with E-state index in [1.165, 1.54) is 5.19 Å². The molecule has 0 aliphatic heterocycles. The van der Waals surface area contributed by atoms with E-state index in [2.05, 4.69) is 0 Å². The summed E-state index contributed by atoms with van der Waals surface area (Å²) in [7, 11) is 0.506. The van der Waals surface area contributed by atoms with Gasteiger partial charge >= 0.3 is 0 Å². The average Bonchev–Trinajstić information content (AvgIpc) is 2.22. The summed E-state index contributed by atoms with van der Waals surface area (Å²) in [4.78, 5) is 0. The maximum Gasteiger partial charge on any atom is 0.157 e. The number of ether oxygens (including phenoxy) is 2. The van der Waals surface area contributed by atoms with Gasteiger partial charge in [0, 0.05) is 18.9 Å². The molecular weight excluding hydrogens is 206 g/mol. The van der Waals surface area contributed by atoms with Crippen molar-refractivity contribution in [1.82, 2.24) is 0 Å². The van der Waals surface area contributed by atoms with Crippen molar-refractivity contribution in [1.29, 1.82) is 0 Å². The zero-order chi connectivity index (χ0) is 11.1. The summed E-state index contributed by atoms with van der Waals surface area (Å²) in [5.41, 5.74) is 6.40. The normalized spacial score (nSPS) is 10.9. The Hall–Kier alpha value is -0.843. The van der Waals surface area contributed by atoms with E-state index in [0.29, 0.717) is 22.7 Å². The van der Waals surface area contributed by atoms with E-state index in [0.717, 1.165) is 5.69 Å². The summed E-state index contributed by atoms with van der Waals surface area (Å²) in [6.07, 6.45) is 0. The third kappa shape index (κ3) is 4.46. The molecule has 0 aromatic heterocycles. The van der Waals surface area contributed by atoms with Crippen LogP contribution < -0.4 is 10.9 Å². The third-order valence-electron chi connectivity index (χ3n) is 1.83. The van der Waals surface area contributed by atoms with Gasteiger partial charge in [-0.1, -0.05) is 17.3 Å². The molecule has 0 heterocycles. The van der Waals surface area contributed by atoms with Gasteiger partial charge in [0.15, 0.2) is 9.52 Å². The highest BCUT2D eigenvalue weighted by molar-refractivity contribution is 6.54. The minimum absolute atomic E-state index is 0.122. The fourth-order valence-corrected chi connectivity index (χ4v) is 2.28. The molecule has 82 valence electrons. The molecule has 0 fully saturated rings. The third-order valence-corrected chi connectivity index (χ3v) is 3.07. The average molecular weight is 223 g/mol. The summed E-state index contributed by atoms with van der Waals surface area (Å²) >= 11 is 0. The Morgan fingerprint density at radius 2 is 1.67 bits per heavy atom. The van der Waals surface area contributed by atoms with Gasteiger partial charge in [-0.15, -0.1) is 0 Å². The summed E-state index contributed by atoms with van der Waals surface area (Å²) in [5.74, 6) is -0.122. The molecule has 0 saturated heterocycles. The maximum atomic E-state index is 5.62. The number of hydrogen-bond acceptors (Lipinski definition) is 3. The number of rotatable bonds is 6. The molecule has 3 nitrogen and oxygen atoms in total. The summed E-state index contributed by atoms with van der Waals surface area (Å²) < 4.78 is 11.0. The largest absolute Gasteiger partial charge is 0.399 e. The molecule has 1 rings (SSSR count). The molecular formula is C11H17NO2Si. The second-order valence-electron chi connectivity index (χ2n) is 3.01. The van der Waals surface area contributed by atoms with Crippen molar-refractivity contribution >= 4 is 20.4 Å². The van der Waals surface area contributed by atoms with Crippen LogP contribution in [-0.4, -0.2) is 28.6 Å². The quantitative estimate of drug-likeness (QED) is 0.444. The van der Waals surface area contributed by atoms with E-state index < -0.39 is 0 Å². The van der Waals surface area contributed by atoms with Gasteiger partial charge in [-0.2, -0.15) is 0 Å². The first-order valence-electron chi connectivity index (χ1n) is 5.11. The summed E-state index contributed by atoms with van der Waals surface area (Å²) in [5, 5.41) is 1.20. The van der Waals surface area contributed by atoms with Crippen molar-refractivity contribution in [3.8, 4) is 0 Å². The van der Waals surface area contributed by atoms with Crippen LogP contribution in [0.5, 0.6) is 0 Å². The molecule has 2 N–H and O–H groups in total. The van der Waals surface area contributed by atoms with E-state index in [9.17, 15) is 0 Å². The first kappa shape index (κ1) is 12.2. The molecule has 2 radical (unpaired) electrons. The van der Waals surface area contributed by atoms with Crippen LogP contribution >= 0.6 is 0 Å². The molecule has 0 amide bonds. The fourth-order valence-electron chi connectivity index (χ4n) is 1.15. The highest BCUT2D eigenvalue weighted by Crippen LogP contribution is 1.98. The van der Waals surface area contributed by atoms with Crippen molar-refractivity contribution in [2.75, 3.05) is 18.9 Å². The number of benzene rings is 1. The molecule has 0 bridgehead atoms. The number of hydrogen-bond donors (Lipinski definition) is 1. The molecule has 1 aromatic carbocycles. The van der Waals surface area contributed by atoms with Crippen LogP contribution in [0.1, 0.15) is 13.8 Å². The molecule has 0 aliphatic carbocycles. The van der Waals surface area contributed by atoms with Crippen molar-refractivity contribution in [3.63, 3.8) is 0 Å². The van der Waals surface area contributed by atoms with Crippen molar-refractivity contribution in [2.24, 2.45) is 0 Å². The smallest absolute Gasteiger partial charge is 0.157 e. The molecule has 15 heavy (non-hydrogen) atoms. The van der Waals surface area contributed by atoms with Crippen molar-refractivity contribution < 1.29 is 9.47 Å². The topological polar surface area (TPSA) is 44.5 Å². The Bertz CT molecular complexity index is 270. The Kier molecular flexibility index (Phi) is 5.38. The van der Waals surface area contributed by atoms with Crippen LogP contribution in [0.3, 0.4) is 0 Å². The molecule has 0 spiro atoms. The Morgan fingerprint density at radius 3 is 2.13 bits per heavy atom. The molecule has 0 saturated carbocycles. The van der Waals surface area contributed by atoms with Gasteiger partial charge in [-0.3, -0.25) is 0 Å². The van der Waals surface area contributed by atoms with Gasteiger partial charge in [0.2, 0.25) is 0 Å². The minimum atomic E-state index is -0.122. The fraction of sp³-hybridized carbons (Fsp3) is 0.455. The van der Waals surface area contributed by atoms with Crippen LogP contribution in [0.15, 0.2) is 24.3 Å². The lowest BCUT2D eigenvalue weighted by atomic mass is 10.3. The monoisotopic (exact) mass is 223 g/mol. The van der Waals surface area contributed by atoms with Crippen molar-refractivity contribution in [2.45, 2.75) is 19.8 Å². The first-order valence-corrected chi connectivity index (χ1v) is 6.19. The summed E-state index contributed by atoms with van der Waals surface area (Å²) in [6.45, 7) is 5.29. The second kappa shape index (κ2) is 6.61. The molecule has 1 aromatic rings. The molecule has 0 aliphatic rings. The Balaban J connectivity index is 2.53. The van der Waals surface area contributed by atoms with Crippen LogP contribution in [0.4, 0.5) is 5.69 Å². The van der Waals surface area contributed by atoms with E-state index in [1.54, 1.807) is 0 Å². The molecule has 4 heteroatoms. The molecule has 0 atom stereocenters. The minimum Gasteiger partial charge on any atom is -0.399 e. The second-order valence-corrected chi connectivity index (χ2v) is 4.35. The van der Waals surface area contributed by atoms with Gasteiger partial charge in [0.05, 0.1) is 0 Å². The number of anilines is 1. The maximum absolute atomic E-state index is 5.62. The Labute approximate surface area is 93.4 Å². The van der Waals surface area contributed by atoms with Crippen LogP contribution in [-0.2, 0) is 9.47 Å². The summed E-state index contributed by atoms with van der Waals surface area (Å²) in [6, 6.07) is 7.83. The van der Waals surface area contributed by atoms with E-state index in [4.69, 9.17) is 15.2 Å². The van der Waals surface area contributed by atoms with Crippen molar-refractivity contribution in [3.05, 3.63) is 24.3 Å². The SMILES string of the molecule is CCOC(OCC)[Si]c1ccc(N)cc1. The van der Waals surface area contributed by atoms with E-state index in [-0.39, 0.29) is 5.91 Å². The number of nitrogen functional groups attached to an aromatic ring is 1. The zero-order valence-corrected chi connectivity index (χ0v) is 10.2. The Morgan fingerprint density at radius 1 is 1.13 bits per heavy atom. The lowest BCUT2D eigenvalue weighted by Gasteiger charge is -2.15. The van der Waals surface area contributed by atoms with Gasteiger partial charge < -0.3 is 15.2 Å². The van der Waals surface area contributed by atoms with E-state index >= 15 is 0 Å². The van der Waals surface area contributed by atoms with Crippen LogP contribution in [0.25, 0.3) is 0 Å². The lowest BCUT2D eigenvalue weighted by molar-refractivity contribution is -0.0817. The highest BCUT2D eigenvalue weighted by Gasteiger charge is 2.10. The standard InChI is InChI=1S/C11H17NO2Si/c1-3-13-11(14-4-2)15-10-7-5-9(12)6-8-10/h5-8,11H,3-4,12H2,1-2H3. The lowest BCUT2D eigenvalue weighted by Crippen LogP contribution is -2.33. The highest BCUT2D eigenvalue weighted by atomic mass is 28.2. The predicted molar refractivity (Wildman–Crippen MR) is 63.3 cm³/mol. The molecule has 0 unspecified atom stereocenters. The van der Waals surface area contributed by atoms with Gasteiger partial charge in [0.25, 0.3) is 0 Å². The predicted octanol–water partition coefficient (Wildman–Crippen LogP) is 0.955. The number of nitrogens with two attached hydrogens (primary N) is 1. The van der Waals surface area contributed by atoms with E-state index in [1.807, 2.05) is 38.1 Å². The van der Waals surface area contributed by atoms with Gasteiger partial charge in [0.1, 0.15) is 5.91 Å². The zero-order valence-electron chi connectivity index (χ0n) is 9.19. The van der Waals surface area contributed by atoms with Crippen LogP contribution in [0, 0.1) is 0 Å². The first-order chi connectivity index (χ1) is 7.26. The van der Waals surface area contributed by atoms with Gasteiger partial charge in [-0.05, 0) is 26.0 Å². The van der Waals surface area contributed by atoms with Gasteiger partial charge in [-0.25, -0.2) is 0 Å². The van der Waals surface area contributed by atoms with Crippen LogP contribution in [0.2, 0.25) is 0 Å².